The zero-order valence-corrected chi connectivity index (χ0v) is 10.0. The fourth-order valence-electron chi connectivity index (χ4n) is 1.06. The smallest absolute Gasteiger partial charge is 0.407 e. The lowest BCUT2D eigenvalue weighted by Crippen LogP contribution is -2.35. The molecule has 0 spiro atoms. The van der Waals surface area contributed by atoms with Gasteiger partial charge in [-0.3, -0.25) is 0 Å². The van der Waals surface area contributed by atoms with Crippen LogP contribution in [0.2, 0.25) is 0 Å². The maximum absolute atomic E-state index is 11.2. The van der Waals surface area contributed by atoms with Gasteiger partial charge in [0.2, 0.25) is 0 Å². The Bertz CT molecular complexity index is 181. The molecule has 0 aliphatic heterocycles. The second-order valence-electron chi connectivity index (χ2n) is 4.48. The minimum absolute atomic E-state index is 0.0848. The van der Waals surface area contributed by atoms with Crippen molar-refractivity contribution < 1.29 is 14.6 Å². The third kappa shape index (κ3) is 8.24. The van der Waals surface area contributed by atoms with Gasteiger partial charge >= 0.3 is 6.09 Å². The molecule has 0 rings (SSSR count). The lowest BCUT2D eigenvalue weighted by Gasteiger charge is -2.23. The van der Waals surface area contributed by atoms with Crippen LogP contribution in [0, 0.1) is 5.41 Å². The summed E-state index contributed by atoms with van der Waals surface area (Å²) in [7, 11) is 0. The van der Waals surface area contributed by atoms with Crippen LogP contribution in [0.1, 0.15) is 40.0 Å². The average molecular weight is 217 g/mol. The number of nitrogens with one attached hydrogen (secondary N) is 1. The number of aliphatic hydroxyl groups excluding tert-OH is 1. The number of rotatable bonds is 7. The first-order chi connectivity index (χ1) is 7.02. The van der Waals surface area contributed by atoms with E-state index in [0.717, 1.165) is 12.8 Å². The minimum atomic E-state index is -0.366. The molecule has 2 N–H and O–H groups in total. The summed E-state index contributed by atoms with van der Waals surface area (Å²) in [5, 5.41) is 11.5. The van der Waals surface area contributed by atoms with E-state index < -0.39 is 0 Å². The van der Waals surface area contributed by atoms with Gasteiger partial charge in [-0.25, -0.2) is 4.79 Å². The highest BCUT2D eigenvalue weighted by Gasteiger charge is 2.18. The number of carbonyl (C=O) groups excluding carboxylic acids is 1. The van der Waals surface area contributed by atoms with Gasteiger partial charge in [0, 0.05) is 13.2 Å². The molecule has 1 amide bonds. The molecule has 0 atom stereocenters. The van der Waals surface area contributed by atoms with Gasteiger partial charge in [0.05, 0.1) is 6.61 Å². The van der Waals surface area contributed by atoms with Crippen molar-refractivity contribution in [2.24, 2.45) is 5.41 Å². The SMILES string of the molecule is CCCCOC(=O)NCC(C)(C)CCO. The standard InChI is InChI=1S/C11H23NO3/c1-4-5-8-15-10(14)12-9-11(2,3)6-7-13/h13H,4-9H2,1-3H3,(H,12,14). The Hall–Kier alpha value is -0.770. The van der Waals surface area contributed by atoms with Crippen LogP contribution in [-0.4, -0.2) is 31.0 Å². The quantitative estimate of drug-likeness (QED) is 0.640. The Morgan fingerprint density at radius 1 is 1.47 bits per heavy atom. The van der Waals surface area contributed by atoms with E-state index >= 15 is 0 Å². The zero-order valence-electron chi connectivity index (χ0n) is 10.0. The molecule has 0 unspecified atom stereocenters. The highest BCUT2D eigenvalue weighted by atomic mass is 16.5. The van der Waals surface area contributed by atoms with Crippen LogP contribution in [0.3, 0.4) is 0 Å². The van der Waals surface area contributed by atoms with E-state index in [4.69, 9.17) is 9.84 Å². The number of hydrogen-bond donors (Lipinski definition) is 2. The van der Waals surface area contributed by atoms with E-state index in [0.29, 0.717) is 19.6 Å². The number of amides is 1. The number of unbranched alkanes of at least 4 members (excludes halogenated alkanes) is 1. The van der Waals surface area contributed by atoms with Crippen molar-refractivity contribution in [2.45, 2.75) is 40.0 Å². The van der Waals surface area contributed by atoms with Gasteiger partial charge in [-0.05, 0) is 18.3 Å². The molecule has 0 radical (unpaired) electrons. The molecule has 0 fully saturated rings. The van der Waals surface area contributed by atoms with Crippen LogP contribution in [0.5, 0.6) is 0 Å². The van der Waals surface area contributed by atoms with Crippen molar-refractivity contribution in [2.75, 3.05) is 19.8 Å². The molecule has 15 heavy (non-hydrogen) atoms. The van der Waals surface area contributed by atoms with Crippen molar-refractivity contribution in [1.82, 2.24) is 5.32 Å². The Morgan fingerprint density at radius 2 is 2.13 bits per heavy atom. The van der Waals surface area contributed by atoms with Crippen molar-refractivity contribution in [1.29, 1.82) is 0 Å². The maximum Gasteiger partial charge on any atom is 0.407 e. The number of alkyl carbamates (subject to hydrolysis) is 1. The highest BCUT2D eigenvalue weighted by molar-refractivity contribution is 5.67. The van der Waals surface area contributed by atoms with Gasteiger partial charge in [0.15, 0.2) is 0 Å². The lowest BCUT2D eigenvalue weighted by atomic mass is 9.90. The predicted octanol–water partition coefficient (Wildman–Crippen LogP) is 1.92. The Morgan fingerprint density at radius 3 is 2.67 bits per heavy atom. The zero-order chi connectivity index (χ0) is 11.7. The molecule has 0 aromatic rings. The van der Waals surface area contributed by atoms with Crippen molar-refractivity contribution >= 4 is 6.09 Å². The molecule has 0 bridgehead atoms. The monoisotopic (exact) mass is 217 g/mol. The van der Waals surface area contributed by atoms with Crippen LogP contribution in [-0.2, 0) is 4.74 Å². The van der Waals surface area contributed by atoms with Crippen LogP contribution in [0.4, 0.5) is 4.79 Å². The van der Waals surface area contributed by atoms with E-state index in [2.05, 4.69) is 5.32 Å². The Kier molecular flexibility index (Phi) is 7.13. The summed E-state index contributed by atoms with van der Waals surface area (Å²) >= 11 is 0. The Labute approximate surface area is 92.0 Å². The molecule has 0 aromatic carbocycles. The van der Waals surface area contributed by atoms with E-state index in [9.17, 15) is 4.79 Å². The molecular weight excluding hydrogens is 194 g/mol. The molecule has 90 valence electrons. The summed E-state index contributed by atoms with van der Waals surface area (Å²) in [4.78, 5) is 11.2. The first-order valence-corrected chi connectivity index (χ1v) is 5.53. The predicted molar refractivity (Wildman–Crippen MR) is 59.7 cm³/mol. The van der Waals surface area contributed by atoms with E-state index in [1.54, 1.807) is 0 Å². The van der Waals surface area contributed by atoms with E-state index in [1.807, 2.05) is 20.8 Å². The van der Waals surface area contributed by atoms with Gasteiger partial charge in [-0.15, -0.1) is 0 Å². The number of hydrogen-bond acceptors (Lipinski definition) is 3. The van der Waals surface area contributed by atoms with Crippen LogP contribution < -0.4 is 5.32 Å². The van der Waals surface area contributed by atoms with Gasteiger partial charge in [-0.1, -0.05) is 27.2 Å². The number of aliphatic hydroxyl groups is 1. The molecule has 0 aromatic heterocycles. The summed E-state index contributed by atoms with van der Waals surface area (Å²) in [6, 6.07) is 0. The molecule has 0 aliphatic carbocycles. The van der Waals surface area contributed by atoms with Gasteiger partial charge in [0.25, 0.3) is 0 Å². The van der Waals surface area contributed by atoms with E-state index in [1.165, 1.54) is 0 Å². The van der Waals surface area contributed by atoms with Gasteiger partial charge in [-0.2, -0.15) is 0 Å². The van der Waals surface area contributed by atoms with Crippen molar-refractivity contribution in [3.05, 3.63) is 0 Å². The highest BCUT2D eigenvalue weighted by Crippen LogP contribution is 2.17. The molecular formula is C11H23NO3. The average Bonchev–Trinajstić information content (AvgIpc) is 2.15. The summed E-state index contributed by atoms with van der Waals surface area (Å²) in [5.74, 6) is 0. The van der Waals surface area contributed by atoms with Crippen LogP contribution >= 0.6 is 0 Å². The van der Waals surface area contributed by atoms with Crippen molar-refractivity contribution in [3.8, 4) is 0 Å². The first kappa shape index (κ1) is 14.2. The minimum Gasteiger partial charge on any atom is -0.450 e. The largest absolute Gasteiger partial charge is 0.450 e. The molecule has 0 saturated heterocycles. The molecule has 4 nitrogen and oxygen atoms in total. The topological polar surface area (TPSA) is 58.6 Å². The van der Waals surface area contributed by atoms with Crippen molar-refractivity contribution in [3.63, 3.8) is 0 Å². The van der Waals surface area contributed by atoms with E-state index in [-0.39, 0.29) is 18.1 Å². The summed E-state index contributed by atoms with van der Waals surface area (Å²) in [5.41, 5.74) is -0.0848. The number of ether oxygens (including phenoxy) is 1. The maximum atomic E-state index is 11.2. The van der Waals surface area contributed by atoms with Gasteiger partial charge < -0.3 is 15.2 Å². The molecule has 0 heterocycles. The van der Waals surface area contributed by atoms with Gasteiger partial charge in [0.1, 0.15) is 0 Å². The molecule has 0 aliphatic rings. The van der Waals surface area contributed by atoms with Crippen LogP contribution in [0.15, 0.2) is 0 Å². The second kappa shape index (κ2) is 7.51. The fraction of sp³-hybridized carbons (Fsp3) is 0.909. The van der Waals surface area contributed by atoms with Crippen LogP contribution in [0.25, 0.3) is 0 Å². The lowest BCUT2D eigenvalue weighted by molar-refractivity contribution is 0.136. The first-order valence-electron chi connectivity index (χ1n) is 5.53. The molecule has 0 saturated carbocycles. The third-order valence-corrected chi connectivity index (χ3v) is 2.23. The second-order valence-corrected chi connectivity index (χ2v) is 4.48. The molecule has 4 heteroatoms. The summed E-state index contributed by atoms with van der Waals surface area (Å²) < 4.78 is 4.94. The normalized spacial score (nSPS) is 11.2. The fourth-order valence-corrected chi connectivity index (χ4v) is 1.06. The third-order valence-electron chi connectivity index (χ3n) is 2.23. The Balaban J connectivity index is 3.60. The number of carbonyl (C=O) groups is 1. The summed E-state index contributed by atoms with van der Waals surface area (Å²) in [6.45, 7) is 7.18. The summed E-state index contributed by atoms with van der Waals surface area (Å²) in [6.07, 6.45) is 2.22.